The summed E-state index contributed by atoms with van der Waals surface area (Å²) in [4.78, 5) is 29.2. The Bertz CT molecular complexity index is 953. The van der Waals surface area contributed by atoms with Gasteiger partial charge in [-0.3, -0.25) is 9.78 Å². The number of fused-ring (bicyclic) bond motifs is 1. The molecule has 0 fully saturated rings. The van der Waals surface area contributed by atoms with Crippen LogP contribution in [0.5, 0.6) is 0 Å². The van der Waals surface area contributed by atoms with E-state index in [2.05, 4.69) is 22.0 Å². The third-order valence-electron chi connectivity index (χ3n) is 5.04. The van der Waals surface area contributed by atoms with Crippen molar-refractivity contribution in [3.63, 3.8) is 0 Å². The molecule has 3 aromatic rings. The van der Waals surface area contributed by atoms with E-state index >= 15 is 0 Å². The zero-order valence-electron chi connectivity index (χ0n) is 16.1. The van der Waals surface area contributed by atoms with Crippen LogP contribution in [0.1, 0.15) is 53.7 Å². The topological polar surface area (TPSA) is 85.0 Å². The number of thiazole rings is 1. The summed E-state index contributed by atoms with van der Waals surface area (Å²) in [5.74, 6) is 0.991. The molecule has 28 heavy (non-hydrogen) atoms. The molecule has 146 valence electrons. The molecule has 0 saturated heterocycles. The number of nitrogens with zero attached hydrogens (tertiary/aromatic N) is 5. The summed E-state index contributed by atoms with van der Waals surface area (Å²) in [6.07, 6.45) is 6.47. The average Bonchev–Trinajstić information content (AvgIpc) is 3.38. The van der Waals surface area contributed by atoms with E-state index in [0.29, 0.717) is 30.3 Å². The number of carbonyl (C=O) groups excluding carboxylic acids is 1. The molecule has 1 amide bonds. The van der Waals surface area contributed by atoms with Gasteiger partial charge in [0.15, 0.2) is 0 Å². The first kappa shape index (κ1) is 18.7. The molecule has 8 heteroatoms. The SMILES string of the molecule is CCc1nc2c(s1)C(N(C)C(=O)CCc1nc(-c3ccccn3)no1)CCC2. The number of aromatic nitrogens is 4. The molecular formula is C20H23N5O2S. The molecule has 0 radical (unpaired) electrons. The van der Waals surface area contributed by atoms with Crippen LogP contribution in [0.2, 0.25) is 0 Å². The lowest BCUT2D eigenvalue weighted by Crippen LogP contribution is -2.32. The van der Waals surface area contributed by atoms with Crippen molar-refractivity contribution in [3.8, 4) is 11.5 Å². The van der Waals surface area contributed by atoms with Gasteiger partial charge in [-0.1, -0.05) is 18.1 Å². The Labute approximate surface area is 167 Å². The van der Waals surface area contributed by atoms with Crippen LogP contribution in [0, 0.1) is 0 Å². The molecule has 1 unspecified atom stereocenters. The number of hydrogen-bond donors (Lipinski definition) is 0. The van der Waals surface area contributed by atoms with Crippen molar-refractivity contribution >= 4 is 17.2 Å². The minimum absolute atomic E-state index is 0.0851. The molecule has 3 heterocycles. The molecule has 3 aromatic heterocycles. The predicted molar refractivity (Wildman–Crippen MR) is 106 cm³/mol. The number of hydrogen-bond acceptors (Lipinski definition) is 7. The highest BCUT2D eigenvalue weighted by molar-refractivity contribution is 7.11. The second kappa shape index (κ2) is 8.18. The Hall–Kier alpha value is -2.61. The van der Waals surface area contributed by atoms with Gasteiger partial charge in [0.05, 0.1) is 21.6 Å². The van der Waals surface area contributed by atoms with Crippen LogP contribution in [0.3, 0.4) is 0 Å². The largest absolute Gasteiger partial charge is 0.339 e. The lowest BCUT2D eigenvalue weighted by Gasteiger charge is -2.30. The first-order valence-corrected chi connectivity index (χ1v) is 10.5. The molecule has 0 saturated carbocycles. The van der Waals surface area contributed by atoms with Gasteiger partial charge in [-0.15, -0.1) is 11.3 Å². The smallest absolute Gasteiger partial charge is 0.227 e. The molecule has 1 aliphatic rings. The fraction of sp³-hybridized carbons (Fsp3) is 0.450. The van der Waals surface area contributed by atoms with E-state index in [0.717, 1.165) is 30.7 Å². The Morgan fingerprint density at radius 1 is 1.36 bits per heavy atom. The van der Waals surface area contributed by atoms with Gasteiger partial charge in [0.25, 0.3) is 0 Å². The van der Waals surface area contributed by atoms with Crippen molar-refractivity contribution in [2.24, 2.45) is 0 Å². The van der Waals surface area contributed by atoms with E-state index in [1.807, 2.05) is 30.1 Å². The maximum Gasteiger partial charge on any atom is 0.227 e. The summed E-state index contributed by atoms with van der Waals surface area (Å²) in [7, 11) is 1.89. The Morgan fingerprint density at radius 2 is 2.25 bits per heavy atom. The fourth-order valence-corrected chi connectivity index (χ4v) is 4.72. The Balaban J connectivity index is 1.39. The zero-order valence-corrected chi connectivity index (χ0v) is 16.9. The monoisotopic (exact) mass is 397 g/mol. The van der Waals surface area contributed by atoms with Crippen molar-refractivity contribution in [2.75, 3.05) is 7.05 Å². The summed E-state index contributed by atoms with van der Waals surface area (Å²) < 4.78 is 5.29. The van der Waals surface area contributed by atoms with E-state index in [1.54, 1.807) is 17.5 Å². The third-order valence-corrected chi connectivity index (χ3v) is 6.39. The van der Waals surface area contributed by atoms with Crippen LogP contribution in [-0.4, -0.2) is 38.0 Å². The van der Waals surface area contributed by atoms with E-state index < -0.39 is 0 Å². The van der Waals surface area contributed by atoms with E-state index in [4.69, 9.17) is 9.51 Å². The molecule has 0 spiro atoms. The van der Waals surface area contributed by atoms with Crippen molar-refractivity contribution in [1.82, 2.24) is 25.0 Å². The van der Waals surface area contributed by atoms with E-state index in [1.165, 1.54) is 10.6 Å². The van der Waals surface area contributed by atoms with Crippen molar-refractivity contribution in [2.45, 2.75) is 51.5 Å². The fourth-order valence-electron chi connectivity index (χ4n) is 3.49. The van der Waals surface area contributed by atoms with Gasteiger partial charge in [-0.25, -0.2) is 4.98 Å². The Morgan fingerprint density at radius 3 is 3.04 bits per heavy atom. The maximum atomic E-state index is 12.8. The van der Waals surface area contributed by atoms with Crippen LogP contribution in [0.25, 0.3) is 11.5 Å². The predicted octanol–water partition coefficient (Wildman–Crippen LogP) is 3.62. The second-order valence-corrected chi connectivity index (χ2v) is 8.03. The minimum Gasteiger partial charge on any atom is -0.339 e. The molecule has 0 aromatic carbocycles. The summed E-state index contributed by atoms with van der Waals surface area (Å²) in [5, 5.41) is 5.12. The van der Waals surface area contributed by atoms with Gasteiger partial charge in [-0.2, -0.15) is 4.98 Å². The molecule has 0 aliphatic heterocycles. The first-order chi connectivity index (χ1) is 13.7. The van der Waals surface area contributed by atoms with Gasteiger partial charge in [0, 0.05) is 26.1 Å². The number of amides is 1. The zero-order chi connectivity index (χ0) is 19.5. The van der Waals surface area contributed by atoms with Gasteiger partial charge >= 0.3 is 0 Å². The lowest BCUT2D eigenvalue weighted by molar-refractivity contribution is -0.132. The number of pyridine rings is 1. The average molecular weight is 398 g/mol. The molecule has 4 rings (SSSR count). The van der Waals surface area contributed by atoms with Crippen LogP contribution in [0.15, 0.2) is 28.9 Å². The molecular weight excluding hydrogens is 374 g/mol. The third kappa shape index (κ3) is 3.82. The van der Waals surface area contributed by atoms with Crippen LogP contribution >= 0.6 is 11.3 Å². The van der Waals surface area contributed by atoms with Crippen molar-refractivity contribution in [1.29, 1.82) is 0 Å². The summed E-state index contributed by atoms with van der Waals surface area (Å²) in [6.45, 7) is 2.12. The van der Waals surface area contributed by atoms with Crippen LogP contribution < -0.4 is 0 Å². The van der Waals surface area contributed by atoms with E-state index in [9.17, 15) is 4.79 Å². The number of carbonyl (C=O) groups is 1. The molecule has 0 bridgehead atoms. The Kier molecular flexibility index (Phi) is 5.47. The highest BCUT2D eigenvalue weighted by Gasteiger charge is 2.29. The quantitative estimate of drug-likeness (QED) is 0.632. The van der Waals surface area contributed by atoms with Gasteiger partial charge in [-0.05, 0) is 37.8 Å². The van der Waals surface area contributed by atoms with Gasteiger partial charge < -0.3 is 9.42 Å². The lowest BCUT2D eigenvalue weighted by atomic mass is 9.96. The van der Waals surface area contributed by atoms with Gasteiger partial charge in [0.1, 0.15) is 5.69 Å². The highest BCUT2D eigenvalue weighted by atomic mass is 32.1. The highest BCUT2D eigenvalue weighted by Crippen LogP contribution is 2.37. The van der Waals surface area contributed by atoms with Crippen LogP contribution in [0.4, 0.5) is 0 Å². The number of aryl methyl sites for hydroxylation is 3. The van der Waals surface area contributed by atoms with Crippen molar-refractivity contribution in [3.05, 3.63) is 45.9 Å². The van der Waals surface area contributed by atoms with Crippen LogP contribution in [-0.2, 0) is 24.1 Å². The molecule has 7 nitrogen and oxygen atoms in total. The second-order valence-electron chi connectivity index (χ2n) is 6.91. The molecule has 0 N–H and O–H groups in total. The molecule has 1 atom stereocenters. The van der Waals surface area contributed by atoms with Gasteiger partial charge in [0.2, 0.25) is 17.6 Å². The standard InChI is InChI=1S/C20H23N5O2S/c1-3-17-22-13-8-6-9-15(19(13)28-17)25(2)18(26)11-10-16-23-20(24-27-16)14-7-4-5-12-21-14/h4-5,7,12,15H,3,6,8-11H2,1-2H3. The first-order valence-electron chi connectivity index (χ1n) is 9.63. The number of rotatable bonds is 6. The normalized spacial score (nSPS) is 16.0. The molecule has 1 aliphatic carbocycles. The summed E-state index contributed by atoms with van der Waals surface area (Å²) >= 11 is 1.75. The summed E-state index contributed by atoms with van der Waals surface area (Å²) in [5.41, 5.74) is 1.84. The summed E-state index contributed by atoms with van der Waals surface area (Å²) in [6, 6.07) is 5.66. The minimum atomic E-state index is 0.0851. The van der Waals surface area contributed by atoms with E-state index in [-0.39, 0.29) is 11.9 Å². The van der Waals surface area contributed by atoms with Crippen molar-refractivity contribution < 1.29 is 9.32 Å². The maximum absolute atomic E-state index is 12.8.